The molecule has 0 aliphatic carbocycles. The van der Waals surface area contributed by atoms with Crippen LogP contribution < -0.4 is 5.32 Å². The number of carbonyl (C=O) groups excluding carboxylic acids is 2. The van der Waals surface area contributed by atoms with E-state index in [0.717, 1.165) is 44.9 Å². The van der Waals surface area contributed by atoms with Crippen LogP contribution in [0.4, 0.5) is 0 Å². The Hall–Kier alpha value is -2.82. The lowest BCUT2D eigenvalue weighted by Gasteiger charge is -2.40. The second-order valence-corrected chi connectivity index (χ2v) is 12.7. The van der Waals surface area contributed by atoms with Crippen molar-refractivity contribution >= 4 is 11.7 Å². The van der Waals surface area contributed by atoms with Crippen LogP contribution in [0.2, 0.25) is 0 Å². The van der Waals surface area contributed by atoms with Crippen molar-refractivity contribution in [2.75, 3.05) is 19.8 Å². The number of unbranched alkanes of at least 4 members (excludes halogenated alkanes) is 6. The summed E-state index contributed by atoms with van der Waals surface area (Å²) >= 11 is 0. The Balaban J connectivity index is 1.10. The van der Waals surface area contributed by atoms with E-state index in [1.54, 1.807) is 48.5 Å². The van der Waals surface area contributed by atoms with E-state index in [1.807, 2.05) is 0 Å². The number of hydrogen-bond donors (Lipinski definition) is 9. The molecule has 1 amide bonds. The number of benzene rings is 2. The van der Waals surface area contributed by atoms with E-state index in [-0.39, 0.29) is 11.7 Å². The van der Waals surface area contributed by atoms with Crippen LogP contribution in [0.5, 0.6) is 0 Å². The molecule has 0 spiro atoms. The van der Waals surface area contributed by atoms with E-state index >= 15 is 0 Å². The number of aliphatic hydroxyl groups excluding tert-OH is 8. The molecule has 0 aromatic heterocycles. The van der Waals surface area contributed by atoms with Crippen molar-refractivity contribution in [3.63, 3.8) is 0 Å². The number of ether oxygens (including phenoxy) is 2. The van der Waals surface area contributed by atoms with Crippen LogP contribution >= 0.6 is 0 Å². The SMILES string of the molecule is O=C(CCCCCCCCCNC(=O)c1cccc([C@H]2O[C@H](CO)[C@@H](O)[C@H](O)[C@@H]2O)c1)c1cccc([C@H]2O[C@H](CO)[C@@H](O)[C@H](O)[C@@H]2O)c1. The second kappa shape index (κ2) is 18.3. The molecular weight excluding hydrogens is 626 g/mol. The topological polar surface area (TPSA) is 226 Å². The average molecular weight is 676 g/mol. The van der Waals surface area contributed by atoms with Crippen LogP contribution in [0.3, 0.4) is 0 Å². The molecule has 2 aliphatic heterocycles. The van der Waals surface area contributed by atoms with Gasteiger partial charge in [0, 0.05) is 24.1 Å². The van der Waals surface area contributed by atoms with E-state index in [2.05, 4.69) is 5.32 Å². The maximum atomic E-state index is 12.8. The van der Waals surface area contributed by atoms with Crippen LogP contribution in [-0.2, 0) is 9.47 Å². The third-order valence-electron chi connectivity index (χ3n) is 9.17. The van der Waals surface area contributed by atoms with Gasteiger partial charge in [-0.05, 0) is 42.2 Å². The molecule has 0 unspecified atom stereocenters. The minimum Gasteiger partial charge on any atom is -0.394 e. The van der Waals surface area contributed by atoms with Crippen LogP contribution in [0, 0.1) is 0 Å². The van der Waals surface area contributed by atoms with E-state index in [0.29, 0.717) is 35.2 Å². The highest BCUT2D eigenvalue weighted by Gasteiger charge is 2.45. The van der Waals surface area contributed by atoms with Crippen LogP contribution in [0.25, 0.3) is 0 Å². The number of amides is 1. The summed E-state index contributed by atoms with van der Waals surface area (Å²) < 4.78 is 11.2. The summed E-state index contributed by atoms with van der Waals surface area (Å²) in [7, 11) is 0. The molecular formula is C35H49NO12. The first kappa shape index (κ1) is 38.0. The maximum absolute atomic E-state index is 12.8. The van der Waals surface area contributed by atoms with Gasteiger partial charge in [0.2, 0.25) is 0 Å². The fourth-order valence-corrected chi connectivity index (χ4v) is 6.24. The molecule has 0 saturated carbocycles. The molecule has 4 rings (SSSR count). The molecule has 9 N–H and O–H groups in total. The van der Waals surface area contributed by atoms with Crippen molar-refractivity contribution < 1.29 is 59.9 Å². The highest BCUT2D eigenvalue weighted by molar-refractivity contribution is 5.96. The third-order valence-corrected chi connectivity index (χ3v) is 9.17. The summed E-state index contributed by atoms with van der Waals surface area (Å²) in [6.45, 7) is -0.569. The van der Waals surface area contributed by atoms with Crippen molar-refractivity contribution in [3.8, 4) is 0 Å². The Morgan fingerprint density at radius 3 is 1.56 bits per heavy atom. The first-order valence-corrected chi connectivity index (χ1v) is 16.7. The van der Waals surface area contributed by atoms with Gasteiger partial charge in [0.15, 0.2) is 5.78 Å². The van der Waals surface area contributed by atoms with Gasteiger partial charge in [-0.15, -0.1) is 0 Å². The van der Waals surface area contributed by atoms with Gasteiger partial charge in [0.05, 0.1) is 13.2 Å². The minimum atomic E-state index is -1.50. The summed E-state index contributed by atoms with van der Waals surface area (Å²) in [6, 6.07) is 13.1. The van der Waals surface area contributed by atoms with Gasteiger partial charge in [-0.25, -0.2) is 0 Å². The van der Waals surface area contributed by atoms with Crippen molar-refractivity contribution in [3.05, 3.63) is 70.8 Å². The minimum absolute atomic E-state index is 0.0455. The second-order valence-electron chi connectivity index (χ2n) is 12.7. The molecule has 10 atom stereocenters. The summed E-state index contributed by atoms with van der Waals surface area (Å²) in [6.07, 6.45) is -6.14. The Kier molecular flexibility index (Phi) is 14.4. The van der Waals surface area contributed by atoms with Crippen molar-refractivity contribution in [1.29, 1.82) is 0 Å². The predicted molar refractivity (Wildman–Crippen MR) is 172 cm³/mol. The van der Waals surface area contributed by atoms with Crippen molar-refractivity contribution in [1.82, 2.24) is 5.32 Å². The zero-order valence-electron chi connectivity index (χ0n) is 26.9. The number of nitrogens with one attached hydrogen (secondary N) is 1. The highest BCUT2D eigenvalue weighted by atomic mass is 16.6. The third kappa shape index (κ3) is 9.45. The Morgan fingerprint density at radius 2 is 1.04 bits per heavy atom. The molecule has 13 heteroatoms. The molecule has 48 heavy (non-hydrogen) atoms. The fraction of sp³-hybridized carbons (Fsp3) is 0.600. The van der Waals surface area contributed by atoms with Gasteiger partial charge >= 0.3 is 0 Å². The van der Waals surface area contributed by atoms with Crippen LogP contribution in [-0.4, -0.2) is 121 Å². The van der Waals surface area contributed by atoms with Crippen LogP contribution in [0.15, 0.2) is 48.5 Å². The fourth-order valence-electron chi connectivity index (χ4n) is 6.24. The van der Waals surface area contributed by atoms with Gasteiger partial charge in [-0.3, -0.25) is 9.59 Å². The first-order chi connectivity index (χ1) is 23.1. The Bertz CT molecular complexity index is 1220. The molecule has 0 radical (unpaired) electrons. The van der Waals surface area contributed by atoms with E-state index in [4.69, 9.17) is 9.47 Å². The lowest BCUT2D eigenvalue weighted by molar-refractivity contribution is -0.231. The van der Waals surface area contributed by atoms with E-state index in [1.165, 1.54) is 0 Å². The molecule has 2 fully saturated rings. The van der Waals surface area contributed by atoms with Crippen LogP contribution in [0.1, 0.15) is 95.4 Å². The van der Waals surface area contributed by atoms with Crippen molar-refractivity contribution in [2.24, 2.45) is 0 Å². The molecule has 266 valence electrons. The summed E-state index contributed by atoms with van der Waals surface area (Å²) in [5.74, 6) is -0.333. The number of hydrogen-bond acceptors (Lipinski definition) is 12. The monoisotopic (exact) mass is 675 g/mol. The molecule has 2 aromatic rings. The lowest BCUT2D eigenvalue weighted by atomic mass is 9.90. The van der Waals surface area contributed by atoms with Gasteiger partial charge in [0.1, 0.15) is 61.0 Å². The van der Waals surface area contributed by atoms with Gasteiger partial charge in [-0.1, -0.05) is 62.4 Å². The Morgan fingerprint density at radius 1 is 0.583 bits per heavy atom. The zero-order chi connectivity index (χ0) is 34.8. The normalized spacial score (nSPS) is 30.6. The summed E-state index contributed by atoms with van der Waals surface area (Å²) in [5, 5.41) is 82.8. The zero-order valence-corrected chi connectivity index (χ0v) is 26.9. The molecule has 13 nitrogen and oxygen atoms in total. The first-order valence-electron chi connectivity index (χ1n) is 16.7. The smallest absolute Gasteiger partial charge is 0.251 e. The largest absolute Gasteiger partial charge is 0.394 e. The lowest BCUT2D eigenvalue weighted by Crippen LogP contribution is -2.55. The highest BCUT2D eigenvalue weighted by Crippen LogP contribution is 2.34. The van der Waals surface area contributed by atoms with Gasteiger partial charge in [0.25, 0.3) is 5.91 Å². The average Bonchev–Trinajstić information content (AvgIpc) is 3.10. The molecule has 2 aromatic carbocycles. The van der Waals surface area contributed by atoms with Gasteiger partial charge in [-0.2, -0.15) is 0 Å². The standard InChI is InChI=1S/C35H49NO12/c37-18-25-27(40)29(42)31(44)33(47-25)21-11-8-10-20(16-21)24(39)14-6-4-2-1-3-5-7-15-36-35(46)23-13-9-12-22(17-23)34-32(45)30(43)28(41)26(19-38)48-34/h8-13,16-17,25-34,37-38,40-45H,1-7,14-15,18-19H2,(H,36,46)/t25-,26-,27-,28-,29+,30+,31+,32+,33-,34-/m1/s1. The molecule has 2 heterocycles. The Labute approximate surface area is 279 Å². The number of ketones is 1. The summed E-state index contributed by atoms with van der Waals surface area (Å²) in [4.78, 5) is 25.5. The quantitative estimate of drug-likeness (QED) is 0.0873. The molecule has 0 bridgehead atoms. The number of carbonyl (C=O) groups is 2. The molecule has 2 saturated heterocycles. The van der Waals surface area contributed by atoms with Crippen molar-refractivity contribution in [2.45, 2.75) is 112 Å². The van der Waals surface area contributed by atoms with E-state index < -0.39 is 74.3 Å². The molecule has 2 aliphatic rings. The van der Waals surface area contributed by atoms with E-state index in [9.17, 15) is 50.4 Å². The number of Topliss-reactive ketones (excluding diaryl/α,β-unsaturated/α-hetero) is 1. The number of rotatable bonds is 16. The number of aliphatic hydroxyl groups is 8. The predicted octanol–water partition coefficient (Wildman–Crippen LogP) is 0.450. The van der Waals surface area contributed by atoms with Gasteiger partial charge < -0.3 is 55.6 Å². The summed E-state index contributed by atoms with van der Waals surface area (Å²) in [5.41, 5.74) is 1.75. The maximum Gasteiger partial charge on any atom is 0.251 e.